The maximum Gasteiger partial charge on any atom is 0.265 e. The summed E-state index contributed by atoms with van der Waals surface area (Å²) in [6.07, 6.45) is 0. The van der Waals surface area contributed by atoms with Gasteiger partial charge in [0.15, 0.2) is 0 Å². The quantitative estimate of drug-likeness (QED) is 0.623. The second-order valence-corrected chi connectivity index (χ2v) is 8.07. The minimum Gasteiger partial charge on any atom is -0.335 e. The molecule has 1 saturated heterocycles. The largest absolute Gasteiger partial charge is 0.335 e. The Morgan fingerprint density at radius 1 is 1.00 bits per heavy atom. The first kappa shape index (κ1) is 16.8. The zero-order valence-electron chi connectivity index (χ0n) is 13.8. The smallest absolute Gasteiger partial charge is 0.265 e. The number of benzene rings is 2. The van der Waals surface area contributed by atoms with Crippen molar-refractivity contribution in [3.8, 4) is 0 Å². The maximum absolute atomic E-state index is 12.6. The zero-order chi connectivity index (χ0) is 17.2. The Kier molecular flexibility index (Phi) is 4.88. The van der Waals surface area contributed by atoms with E-state index in [1.54, 1.807) is 0 Å². The van der Waals surface area contributed by atoms with Crippen molar-refractivity contribution >= 4 is 43.9 Å². The van der Waals surface area contributed by atoms with Gasteiger partial charge in [-0.3, -0.25) is 9.69 Å². The van der Waals surface area contributed by atoms with Gasteiger partial charge in [-0.15, -0.1) is 11.3 Å². The average molecular weight is 415 g/mol. The molecule has 0 N–H and O–H groups in total. The van der Waals surface area contributed by atoms with Gasteiger partial charge in [-0.05, 0) is 43.7 Å². The Labute approximate surface area is 160 Å². The number of hydrogen-bond donors (Lipinski definition) is 0. The first-order chi connectivity index (χ1) is 12.2. The highest BCUT2D eigenvalue weighted by Crippen LogP contribution is 2.25. The lowest BCUT2D eigenvalue weighted by Crippen LogP contribution is -2.48. The van der Waals surface area contributed by atoms with Gasteiger partial charge in [-0.1, -0.05) is 42.5 Å². The fraction of sp³-hybridized carbons (Fsp3) is 0.250. The Bertz CT molecular complexity index is 894. The van der Waals surface area contributed by atoms with Crippen LogP contribution < -0.4 is 0 Å². The van der Waals surface area contributed by atoms with Gasteiger partial charge in [0.1, 0.15) is 4.88 Å². The van der Waals surface area contributed by atoms with Gasteiger partial charge < -0.3 is 4.90 Å². The van der Waals surface area contributed by atoms with Crippen molar-refractivity contribution in [1.82, 2.24) is 9.80 Å². The van der Waals surface area contributed by atoms with Gasteiger partial charge in [0.25, 0.3) is 5.91 Å². The summed E-state index contributed by atoms with van der Waals surface area (Å²) in [5.74, 6) is 0.145. The number of hydrogen-bond acceptors (Lipinski definition) is 3. The number of amides is 1. The Morgan fingerprint density at radius 2 is 1.76 bits per heavy atom. The molecule has 1 aromatic heterocycles. The van der Waals surface area contributed by atoms with E-state index in [9.17, 15) is 4.79 Å². The molecule has 3 nitrogen and oxygen atoms in total. The van der Waals surface area contributed by atoms with Gasteiger partial charge in [0.05, 0.1) is 0 Å². The van der Waals surface area contributed by atoms with Gasteiger partial charge in [0, 0.05) is 37.2 Å². The molecule has 0 bridgehead atoms. The summed E-state index contributed by atoms with van der Waals surface area (Å²) < 4.78 is 0.903. The molecular weight excluding hydrogens is 396 g/mol. The zero-order valence-corrected chi connectivity index (χ0v) is 16.2. The standard InChI is InChI=1S/C20H19BrN2OS/c21-18-8-13-25-19(18)20(24)23-11-9-22(10-12-23)14-16-6-3-5-15-4-1-2-7-17(15)16/h1-8,13H,9-12,14H2. The van der Waals surface area contributed by atoms with E-state index < -0.39 is 0 Å². The third-order valence-corrected chi connectivity index (χ3v) is 6.57. The molecule has 2 heterocycles. The lowest BCUT2D eigenvalue weighted by molar-refractivity contribution is 0.0633. The first-order valence-corrected chi connectivity index (χ1v) is 10.1. The lowest BCUT2D eigenvalue weighted by atomic mass is 10.0. The molecule has 1 fully saturated rings. The van der Waals surface area contributed by atoms with E-state index in [0.717, 1.165) is 42.1 Å². The molecule has 5 heteroatoms. The minimum atomic E-state index is 0.145. The second-order valence-electron chi connectivity index (χ2n) is 6.30. The SMILES string of the molecule is O=C(c1sccc1Br)N1CCN(Cc2cccc3ccccc23)CC1. The molecule has 0 spiro atoms. The van der Waals surface area contributed by atoms with E-state index in [1.165, 1.54) is 27.7 Å². The Morgan fingerprint density at radius 3 is 2.52 bits per heavy atom. The normalized spacial score (nSPS) is 15.6. The van der Waals surface area contributed by atoms with Crippen LogP contribution in [0.4, 0.5) is 0 Å². The molecule has 4 rings (SSSR count). The van der Waals surface area contributed by atoms with Crippen molar-refractivity contribution in [3.05, 3.63) is 68.8 Å². The highest BCUT2D eigenvalue weighted by atomic mass is 79.9. The summed E-state index contributed by atoms with van der Waals surface area (Å²) in [5.41, 5.74) is 1.36. The van der Waals surface area contributed by atoms with Crippen LogP contribution in [0.1, 0.15) is 15.2 Å². The van der Waals surface area contributed by atoms with Crippen LogP contribution in [0, 0.1) is 0 Å². The highest BCUT2D eigenvalue weighted by Gasteiger charge is 2.24. The van der Waals surface area contributed by atoms with E-state index >= 15 is 0 Å². The predicted molar refractivity (Wildman–Crippen MR) is 107 cm³/mol. The molecule has 1 amide bonds. The fourth-order valence-electron chi connectivity index (χ4n) is 3.37. The summed E-state index contributed by atoms with van der Waals surface area (Å²) in [6, 6.07) is 17.0. The third-order valence-electron chi connectivity index (χ3n) is 4.74. The summed E-state index contributed by atoms with van der Waals surface area (Å²) in [7, 11) is 0. The van der Waals surface area contributed by atoms with Crippen LogP contribution in [-0.4, -0.2) is 41.9 Å². The number of nitrogens with zero attached hydrogens (tertiary/aromatic N) is 2. The number of piperazine rings is 1. The molecule has 1 aliphatic heterocycles. The monoisotopic (exact) mass is 414 g/mol. The molecule has 128 valence electrons. The molecule has 0 unspecified atom stereocenters. The number of halogens is 1. The van der Waals surface area contributed by atoms with Crippen molar-refractivity contribution in [2.75, 3.05) is 26.2 Å². The molecule has 0 aliphatic carbocycles. The maximum atomic E-state index is 12.6. The molecule has 3 aromatic rings. The minimum absolute atomic E-state index is 0.145. The predicted octanol–water partition coefficient (Wildman–Crippen LogP) is 4.62. The second kappa shape index (κ2) is 7.28. The molecule has 0 radical (unpaired) electrons. The summed E-state index contributed by atoms with van der Waals surface area (Å²) in [6.45, 7) is 4.34. The number of rotatable bonds is 3. The average Bonchev–Trinajstić information content (AvgIpc) is 3.08. The molecular formula is C20H19BrN2OS. The van der Waals surface area contributed by atoms with Gasteiger partial charge in [-0.25, -0.2) is 0 Å². The van der Waals surface area contributed by atoms with Gasteiger partial charge in [-0.2, -0.15) is 0 Å². The van der Waals surface area contributed by atoms with E-state index in [-0.39, 0.29) is 5.91 Å². The summed E-state index contributed by atoms with van der Waals surface area (Å²) in [5, 5.41) is 4.57. The topological polar surface area (TPSA) is 23.6 Å². The van der Waals surface area contributed by atoms with Crippen molar-refractivity contribution < 1.29 is 4.79 Å². The summed E-state index contributed by atoms with van der Waals surface area (Å²) in [4.78, 5) is 17.8. The van der Waals surface area contributed by atoms with Crippen LogP contribution in [0.2, 0.25) is 0 Å². The lowest BCUT2D eigenvalue weighted by Gasteiger charge is -2.34. The van der Waals surface area contributed by atoms with E-state index in [0.29, 0.717) is 0 Å². The Hall–Kier alpha value is -1.69. The molecule has 1 aliphatic rings. The van der Waals surface area contributed by atoms with Crippen LogP contribution in [-0.2, 0) is 6.54 Å². The van der Waals surface area contributed by atoms with E-state index in [2.05, 4.69) is 63.3 Å². The van der Waals surface area contributed by atoms with Crippen LogP contribution in [0.3, 0.4) is 0 Å². The van der Waals surface area contributed by atoms with Crippen molar-refractivity contribution in [2.24, 2.45) is 0 Å². The van der Waals surface area contributed by atoms with Crippen LogP contribution in [0.25, 0.3) is 10.8 Å². The van der Waals surface area contributed by atoms with Gasteiger partial charge >= 0.3 is 0 Å². The Balaban J connectivity index is 1.42. The van der Waals surface area contributed by atoms with E-state index in [4.69, 9.17) is 0 Å². The number of thiophene rings is 1. The fourth-order valence-corrected chi connectivity index (χ4v) is 4.88. The van der Waals surface area contributed by atoms with Crippen molar-refractivity contribution in [3.63, 3.8) is 0 Å². The number of fused-ring (bicyclic) bond motifs is 1. The van der Waals surface area contributed by atoms with Crippen molar-refractivity contribution in [1.29, 1.82) is 0 Å². The highest BCUT2D eigenvalue weighted by molar-refractivity contribution is 9.10. The molecule has 0 atom stereocenters. The molecule has 25 heavy (non-hydrogen) atoms. The molecule has 0 saturated carbocycles. The summed E-state index contributed by atoms with van der Waals surface area (Å²) >= 11 is 4.97. The van der Waals surface area contributed by atoms with Gasteiger partial charge in [0.2, 0.25) is 0 Å². The third kappa shape index (κ3) is 3.50. The van der Waals surface area contributed by atoms with Crippen LogP contribution in [0.15, 0.2) is 58.4 Å². The van der Waals surface area contributed by atoms with E-state index in [1.807, 2.05) is 16.3 Å². The first-order valence-electron chi connectivity index (χ1n) is 8.43. The number of carbonyl (C=O) groups is 1. The van der Waals surface area contributed by atoms with Crippen LogP contribution in [0.5, 0.6) is 0 Å². The van der Waals surface area contributed by atoms with Crippen molar-refractivity contribution in [2.45, 2.75) is 6.54 Å². The van der Waals surface area contributed by atoms with Crippen LogP contribution >= 0.6 is 27.3 Å². The molecule has 2 aromatic carbocycles. The number of carbonyl (C=O) groups excluding carboxylic acids is 1.